The van der Waals surface area contributed by atoms with Gasteiger partial charge in [0, 0.05) is 22.9 Å². The second-order valence-electron chi connectivity index (χ2n) is 13.7. The summed E-state index contributed by atoms with van der Waals surface area (Å²) in [6.07, 6.45) is 7.60. The molecule has 248 valence electrons. The van der Waals surface area contributed by atoms with Crippen molar-refractivity contribution >= 4 is 35.5 Å². The van der Waals surface area contributed by atoms with Crippen LogP contribution in [-0.4, -0.2) is 47.6 Å². The highest BCUT2D eigenvalue weighted by atomic mass is 35.5. The van der Waals surface area contributed by atoms with E-state index >= 15 is 0 Å². The van der Waals surface area contributed by atoms with Crippen LogP contribution in [0.1, 0.15) is 100.0 Å². The summed E-state index contributed by atoms with van der Waals surface area (Å²) in [7, 11) is 0. The number of hydrogen-bond donors (Lipinski definition) is 4. The van der Waals surface area contributed by atoms with Crippen LogP contribution in [0.25, 0.3) is 0 Å². The van der Waals surface area contributed by atoms with Gasteiger partial charge in [-0.3, -0.25) is 9.59 Å². The summed E-state index contributed by atoms with van der Waals surface area (Å²) in [5.74, 6) is -2.29. The van der Waals surface area contributed by atoms with Crippen molar-refractivity contribution < 1.29 is 29.0 Å². The van der Waals surface area contributed by atoms with Crippen LogP contribution in [0.15, 0.2) is 42.5 Å². The first-order valence-corrected chi connectivity index (χ1v) is 17.0. The van der Waals surface area contributed by atoms with Crippen LogP contribution in [0.4, 0.5) is 4.79 Å². The number of alkyl carbamates (subject to hydrolysis) is 1. The number of rotatable bonds is 12. The Hall–Kier alpha value is -3.59. The summed E-state index contributed by atoms with van der Waals surface area (Å²) in [6, 6.07) is 11.5. The molecule has 3 amide bonds. The van der Waals surface area contributed by atoms with Gasteiger partial charge >= 0.3 is 12.1 Å². The Kier molecular flexibility index (Phi) is 10.9. The summed E-state index contributed by atoms with van der Waals surface area (Å²) >= 11 is 6.38. The molecule has 2 aliphatic carbocycles. The lowest BCUT2D eigenvalue weighted by atomic mass is 9.76. The lowest BCUT2D eigenvalue weighted by Gasteiger charge is -2.35. The highest BCUT2D eigenvalue weighted by Gasteiger charge is 2.39. The minimum absolute atomic E-state index is 0.0122. The van der Waals surface area contributed by atoms with Crippen molar-refractivity contribution in [2.75, 3.05) is 6.54 Å². The van der Waals surface area contributed by atoms with E-state index in [4.69, 9.17) is 16.3 Å². The first-order chi connectivity index (χ1) is 22.0. The molecule has 10 heteroatoms. The van der Waals surface area contributed by atoms with Gasteiger partial charge in [-0.05, 0) is 78.8 Å². The minimum Gasteiger partial charge on any atom is -0.480 e. The zero-order chi connectivity index (χ0) is 32.8. The number of amides is 3. The number of carbonyl (C=O) groups excluding carboxylic acids is 3. The average molecular weight is 652 g/mol. The van der Waals surface area contributed by atoms with Gasteiger partial charge in [-0.15, -0.1) is 0 Å². The number of carboxylic acid groups (broad SMARTS) is 1. The predicted octanol–water partition coefficient (Wildman–Crippen LogP) is 6.01. The Balaban J connectivity index is 1.38. The molecule has 1 saturated carbocycles. The van der Waals surface area contributed by atoms with Gasteiger partial charge in [0.25, 0.3) is 0 Å². The topological polar surface area (TPSA) is 134 Å². The number of aryl methyl sites for hydroxylation is 2. The number of carboxylic acids is 1. The van der Waals surface area contributed by atoms with Crippen molar-refractivity contribution in [2.45, 2.75) is 108 Å². The molecule has 0 spiro atoms. The molecule has 4 N–H and O–H groups in total. The van der Waals surface area contributed by atoms with Crippen LogP contribution in [-0.2, 0) is 37.4 Å². The van der Waals surface area contributed by atoms with E-state index in [9.17, 15) is 24.3 Å². The largest absolute Gasteiger partial charge is 0.480 e. The molecule has 46 heavy (non-hydrogen) atoms. The van der Waals surface area contributed by atoms with E-state index in [-0.39, 0.29) is 18.2 Å². The lowest BCUT2D eigenvalue weighted by Crippen LogP contribution is -2.53. The number of halogens is 1. The maximum Gasteiger partial charge on any atom is 0.408 e. The second-order valence-corrected chi connectivity index (χ2v) is 14.2. The van der Waals surface area contributed by atoms with E-state index in [0.29, 0.717) is 24.4 Å². The first-order valence-electron chi connectivity index (χ1n) is 16.7. The number of aliphatic carboxylic acids is 1. The molecule has 2 aromatic carbocycles. The molecule has 5 rings (SSSR count). The average Bonchev–Trinajstić information content (AvgIpc) is 3.67. The Labute approximate surface area is 276 Å². The van der Waals surface area contributed by atoms with E-state index in [1.165, 1.54) is 11.1 Å². The van der Waals surface area contributed by atoms with Crippen LogP contribution in [0.2, 0.25) is 5.02 Å². The molecule has 0 radical (unpaired) electrons. The van der Waals surface area contributed by atoms with Crippen molar-refractivity contribution in [1.29, 1.82) is 0 Å². The van der Waals surface area contributed by atoms with Gasteiger partial charge in [-0.25, -0.2) is 9.59 Å². The van der Waals surface area contributed by atoms with Crippen molar-refractivity contribution in [3.63, 3.8) is 0 Å². The van der Waals surface area contributed by atoms with Gasteiger partial charge in [0.2, 0.25) is 11.8 Å². The van der Waals surface area contributed by atoms with Gasteiger partial charge in [0.05, 0.1) is 0 Å². The molecule has 1 saturated heterocycles. The highest BCUT2D eigenvalue weighted by Crippen LogP contribution is 2.42. The minimum atomic E-state index is -1.26. The molecule has 9 nitrogen and oxygen atoms in total. The van der Waals surface area contributed by atoms with Crippen molar-refractivity contribution in [1.82, 2.24) is 16.0 Å². The molecule has 2 fully saturated rings. The SMILES string of the molecule is CC(C)(c1cccc(Cl)c1)C(OC(=O)N[C@@H](CC1CCCCC1)C(=O)N[C@@H](C[C@@H]1CCNC1=O)C(=O)O)c1ccc2c(c1)CCC2. The van der Waals surface area contributed by atoms with E-state index in [1.807, 2.05) is 38.1 Å². The van der Waals surface area contributed by atoms with Gasteiger partial charge in [-0.1, -0.05) is 87.9 Å². The lowest BCUT2D eigenvalue weighted by molar-refractivity contribution is -0.143. The van der Waals surface area contributed by atoms with Gasteiger partial charge < -0.3 is 25.8 Å². The third kappa shape index (κ3) is 8.21. The van der Waals surface area contributed by atoms with Gasteiger partial charge in [-0.2, -0.15) is 0 Å². The third-order valence-corrected chi connectivity index (χ3v) is 10.3. The Morgan fingerprint density at radius 1 is 0.957 bits per heavy atom. The fraction of sp³-hybridized carbons (Fsp3) is 0.556. The number of fused-ring (bicyclic) bond motifs is 1. The van der Waals surface area contributed by atoms with Gasteiger partial charge in [0.15, 0.2) is 0 Å². The fourth-order valence-corrected chi connectivity index (χ4v) is 7.54. The molecular formula is C36H46ClN3O6. The molecule has 0 bridgehead atoms. The Morgan fingerprint density at radius 3 is 2.41 bits per heavy atom. The number of benzene rings is 2. The molecule has 1 heterocycles. The van der Waals surface area contributed by atoms with Gasteiger partial charge in [0.1, 0.15) is 18.2 Å². The van der Waals surface area contributed by atoms with Crippen LogP contribution in [0.5, 0.6) is 0 Å². The molecule has 3 aliphatic rings. The van der Waals surface area contributed by atoms with Crippen LogP contribution < -0.4 is 16.0 Å². The third-order valence-electron chi connectivity index (χ3n) is 10.1. The maximum absolute atomic E-state index is 13.8. The van der Waals surface area contributed by atoms with Crippen molar-refractivity contribution in [2.24, 2.45) is 11.8 Å². The monoisotopic (exact) mass is 651 g/mol. The Morgan fingerprint density at radius 2 is 1.72 bits per heavy atom. The summed E-state index contributed by atoms with van der Waals surface area (Å²) < 4.78 is 6.26. The maximum atomic E-state index is 13.8. The molecule has 1 aliphatic heterocycles. The number of carbonyl (C=O) groups is 4. The zero-order valence-corrected chi connectivity index (χ0v) is 27.5. The number of ether oxygens (including phenoxy) is 1. The van der Waals surface area contributed by atoms with E-state index in [1.54, 1.807) is 6.07 Å². The standard InChI is InChI=1S/C36H46ClN3O6/c1-36(2,27-12-7-13-28(37)21-27)31(25-15-14-23-10-6-11-24(23)19-25)46-35(45)40-29(18-22-8-4-3-5-9-22)33(42)39-30(34(43)44)20-26-16-17-38-32(26)41/h7,12-15,19,21-22,26,29-31H,3-6,8-11,16-18,20H2,1-2H3,(H,38,41)(H,39,42)(H,40,45)(H,43,44)/t26-,29-,30-,31?/m0/s1. The second kappa shape index (κ2) is 14.9. The molecule has 4 atom stereocenters. The summed E-state index contributed by atoms with van der Waals surface area (Å²) in [5, 5.41) is 18.7. The Bertz CT molecular complexity index is 1440. The predicted molar refractivity (Wildman–Crippen MR) is 176 cm³/mol. The quantitative estimate of drug-likeness (QED) is 0.222. The molecular weight excluding hydrogens is 606 g/mol. The molecule has 0 aromatic heterocycles. The fourth-order valence-electron chi connectivity index (χ4n) is 7.35. The smallest absolute Gasteiger partial charge is 0.408 e. The first kappa shape index (κ1) is 33.8. The molecule has 1 unspecified atom stereocenters. The highest BCUT2D eigenvalue weighted by molar-refractivity contribution is 6.30. The van der Waals surface area contributed by atoms with E-state index in [2.05, 4.69) is 28.1 Å². The molecule has 2 aromatic rings. The summed E-state index contributed by atoms with van der Waals surface area (Å²) in [5.41, 5.74) is 3.62. The van der Waals surface area contributed by atoms with Crippen LogP contribution in [0.3, 0.4) is 0 Å². The number of hydrogen-bond acceptors (Lipinski definition) is 5. The van der Waals surface area contributed by atoms with E-state index in [0.717, 1.165) is 62.5 Å². The van der Waals surface area contributed by atoms with Crippen molar-refractivity contribution in [3.8, 4) is 0 Å². The van der Waals surface area contributed by atoms with Crippen molar-refractivity contribution in [3.05, 3.63) is 69.7 Å². The number of nitrogens with one attached hydrogen (secondary N) is 3. The summed E-state index contributed by atoms with van der Waals surface area (Å²) in [4.78, 5) is 51.8. The van der Waals surface area contributed by atoms with E-state index < -0.39 is 47.5 Å². The normalized spacial score (nSPS) is 20.2. The van der Waals surface area contributed by atoms with Crippen LogP contribution in [0, 0.1) is 11.8 Å². The zero-order valence-electron chi connectivity index (χ0n) is 26.8. The summed E-state index contributed by atoms with van der Waals surface area (Å²) in [6.45, 7) is 4.50. The van der Waals surface area contributed by atoms with Crippen LogP contribution >= 0.6 is 11.6 Å².